The number of aromatic hydroxyl groups is 4. The summed E-state index contributed by atoms with van der Waals surface area (Å²) in [5, 5.41) is 41.1. The average molecular weight is 769 g/mol. The van der Waals surface area contributed by atoms with Gasteiger partial charge in [-0.1, -0.05) is 36.4 Å². The molecule has 0 aliphatic rings. The Bertz CT molecular complexity index is 2560. The molecule has 58 heavy (non-hydrogen) atoms. The third kappa shape index (κ3) is 8.56. The fraction of sp³-hybridized carbons (Fsp3) is 0.0833. The van der Waals surface area contributed by atoms with Crippen LogP contribution in [0.4, 0.5) is 0 Å². The zero-order chi connectivity index (χ0) is 40.8. The van der Waals surface area contributed by atoms with Crippen molar-refractivity contribution in [3.63, 3.8) is 0 Å². The molecular weight excluding hydrogens is 729 g/mol. The number of aromatic nitrogens is 4. The first-order valence-electron chi connectivity index (χ1n) is 18.3. The van der Waals surface area contributed by atoms with Crippen molar-refractivity contribution in [1.29, 1.82) is 0 Å². The summed E-state index contributed by atoms with van der Waals surface area (Å²) in [5.41, 5.74) is 9.69. The molecule has 0 radical (unpaired) electrons. The Kier molecular flexibility index (Phi) is 11.3. The molecule has 0 bridgehead atoms. The topological polar surface area (TPSA) is 151 Å². The van der Waals surface area contributed by atoms with Crippen molar-refractivity contribution in [1.82, 2.24) is 19.9 Å². The van der Waals surface area contributed by atoms with Gasteiger partial charge in [0.05, 0.1) is 59.8 Å². The van der Waals surface area contributed by atoms with E-state index in [2.05, 4.69) is 19.9 Å². The van der Waals surface area contributed by atoms with Crippen LogP contribution in [0.1, 0.15) is 11.1 Å². The summed E-state index contributed by atoms with van der Waals surface area (Å²) in [4.78, 5) is 18.7. The molecule has 10 nitrogen and oxygen atoms in total. The van der Waals surface area contributed by atoms with Crippen molar-refractivity contribution < 1.29 is 29.9 Å². The Balaban J connectivity index is 0.000000177. The minimum absolute atomic E-state index is 0.127. The quantitative estimate of drug-likeness (QED) is 0.118. The second-order valence-corrected chi connectivity index (χ2v) is 13.4. The summed E-state index contributed by atoms with van der Waals surface area (Å²) in [7, 11) is 3.16. The van der Waals surface area contributed by atoms with E-state index in [-0.39, 0.29) is 23.0 Å². The van der Waals surface area contributed by atoms with Crippen LogP contribution in [0.25, 0.3) is 67.8 Å². The van der Waals surface area contributed by atoms with Gasteiger partial charge in [0.2, 0.25) is 0 Å². The lowest BCUT2D eigenvalue weighted by Crippen LogP contribution is -1.93. The zero-order valence-electron chi connectivity index (χ0n) is 32.3. The Morgan fingerprint density at radius 2 is 0.638 bits per heavy atom. The van der Waals surface area contributed by atoms with Crippen molar-refractivity contribution >= 4 is 0 Å². The molecule has 4 aromatic heterocycles. The fourth-order valence-electron chi connectivity index (χ4n) is 6.32. The van der Waals surface area contributed by atoms with Gasteiger partial charge >= 0.3 is 0 Å². The van der Waals surface area contributed by atoms with Crippen LogP contribution < -0.4 is 9.47 Å². The maximum Gasteiger partial charge on any atom is 0.125 e. The molecule has 0 aliphatic heterocycles. The molecule has 4 heterocycles. The highest BCUT2D eigenvalue weighted by molar-refractivity contribution is 5.75. The minimum atomic E-state index is 0.127. The van der Waals surface area contributed by atoms with E-state index in [4.69, 9.17) is 9.47 Å². The molecule has 0 spiro atoms. The number of methoxy groups -OCH3 is 2. The Morgan fingerprint density at radius 3 is 0.948 bits per heavy atom. The first-order chi connectivity index (χ1) is 28.1. The van der Waals surface area contributed by atoms with Crippen LogP contribution in [0, 0.1) is 13.8 Å². The third-order valence-electron chi connectivity index (χ3n) is 9.34. The first kappa shape index (κ1) is 38.6. The van der Waals surface area contributed by atoms with Crippen LogP contribution in [-0.2, 0) is 0 Å². The second kappa shape index (κ2) is 17.0. The molecule has 0 fully saturated rings. The maximum absolute atomic E-state index is 10.3. The molecule has 8 rings (SSSR count). The standard InChI is InChI=1S/2C24H20N2O3/c2*1-15-9-11-17(24(28)13-15)19-5-3-7-21(25-19)22-8-4-6-20(26-22)18-14-16(29-2)10-12-23(18)27/h2*3-14,27-28H,1-2H3. The van der Waals surface area contributed by atoms with Crippen molar-refractivity contribution in [2.45, 2.75) is 13.8 Å². The van der Waals surface area contributed by atoms with Crippen molar-refractivity contribution in [3.8, 4) is 102 Å². The number of phenolic OH excluding ortho intramolecular Hbond substituents is 4. The number of ether oxygens (including phenoxy) is 2. The van der Waals surface area contributed by atoms with Gasteiger partial charge in [-0.3, -0.25) is 0 Å². The number of hydrogen-bond acceptors (Lipinski definition) is 10. The van der Waals surface area contributed by atoms with Crippen LogP contribution in [-0.4, -0.2) is 54.6 Å². The third-order valence-corrected chi connectivity index (χ3v) is 9.34. The molecule has 0 saturated carbocycles. The predicted molar refractivity (Wildman–Crippen MR) is 226 cm³/mol. The minimum Gasteiger partial charge on any atom is -0.507 e. The monoisotopic (exact) mass is 768 g/mol. The van der Waals surface area contributed by atoms with Gasteiger partial charge in [0.1, 0.15) is 34.5 Å². The van der Waals surface area contributed by atoms with Crippen LogP contribution in [0.15, 0.2) is 146 Å². The molecule has 0 saturated heterocycles. The van der Waals surface area contributed by atoms with Gasteiger partial charge in [-0.25, -0.2) is 19.9 Å². The van der Waals surface area contributed by atoms with Crippen LogP contribution in [0.2, 0.25) is 0 Å². The number of pyridine rings is 4. The van der Waals surface area contributed by atoms with Gasteiger partial charge in [-0.15, -0.1) is 0 Å². The smallest absolute Gasteiger partial charge is 0.125 e. The van der Waals surface area contributed by atoms with Crippen molar-refractivity contribution in [3.05, 3.63) is 157 Å². The summed E-state index contributed by atoms with van der Waals surface area (Å²) in [6.45, 7) is 3.85. The summed E-state index contributed by atoms with van der Waals surface area (Å²) < 4.78 is 10.5. The van der Waals surface area contributed by atoms with Gasteiger partial charge in [0.15, 0.2) is 0 Å². The van der Waals surface area contributed by atoms with Gasteiger partial charge in [-0.05, 0) is 134 Å². The number of phenols is 4. The first-order valence-corrected chi connectivity index (χ1v) is 18.3. The highest BCUT2D eigenvalue weighted by Crippen LogP contribution is 2.36. The van der Waals surface area contributed by atoms with Gasteiger partial charge < -0.3 is 29.9 Å². The second-order valence-electron chi connectivity index (χ2n) is 13.4. The molecule has 4 aromatic carbocycles. The van der Waals surface area contributed by atoms with E-state index in [1.54, 1.807) is 62.8 Å². The molecular formula is C48H40N4O6. The molecule has 0 atom stereocenters. The summed E-state index contributed by atoms with van der Waals surface area (Å²) in [6, 6.07) is 43.4. The SMILES string of the molecule is COc1ccc(O)c(-c2cccc(-c3cccc(-c4ccc(C)cc4O)n3)n2)c1.COc1ccc(O)c(-c2cccc(-c3cccc(-c4ccc(C)cc4O)n3)n2)c1. The number of rotatable bonds is 8. The molecule has 288 valence electrons. The fourth-order valence-corrected chi connectivity index (χ4v) is 6.32. The van der Waals surface area contributed by atoms with Gasteiger partial charge in [-0.2, -0.15) is 0 Å². The molecule has 8 aromatic rings. The lowest BCUT2D eigenvalue weighted by atomic mass is 10.1. The van der Waals surface area contributed by atoms with Crippen LogP contribution in [0.5, 0.6) is 34.5 Å². The van der Waals surface area contributed by atoms with Crippen LogP contribution >= 0.6 is 0 Å². The lowest BCUT2D eigenvalue weighted by Gasteiger charge is -2.10. The predicted octanol–water partition coefficient (Wildman–Crippen LogP) is 10.4. The largest absolute Gasteiger partial charge is 0.507 e. The van der Waals surface area contributed by atoms with Crippen molar-refractivity contribution in [2.24, 2.45) is 0 Å². The van der Waals surface area contributed by atoms with E-state index < -0.39 is 0 Å². The molecule has 0 aliphatic carbocycles. The lowest BCUT2D eigenvalue weighted by molar-refractivity contribution is 0.412. The number of hydrogen-bond donors (Lipinski definition) is 4. The van der Waals surface area contributed by atoms with Gasteiger partial charge in [0.25, 0.3) is 0 Å². The Labute approximate surface area is 336 Å². The van der Waals surface area contributed by atoms with E-state index in [0.717, 1.165) is 11.1 Å². The van der Waals surface area contributed by atoms with E-state index in [9.17, 15) is 20.4 Å². The normalized spacial score (nSPS) is 10.7. The zero-order valence-corrected chi connectivity index (χ0v) is 32.3. The van der Waals surface area contributed by atoms with E-state index in [0.29, 0.717) is 79.3 Å². The molecule has 0 amide bonds. The Hall–Kier alpha value is -7.72. The highest BCUT2D eigenvalue weighted by Gasteiger charge is 2.14. The molecule has 4 N–H and O–H groups in total. The number of aryl methyl sites for hydroxylation is 2. The van der Waals surface area contributed by atoms with Crippen LogP contribution in [0.3, 0.4) is 0 Å². The van der Waals surface area contributed by atoms with Crippen molar-refractivity contribution in [2.75, 3.05) is 14.2 Å². The van der Waals surface area contributed by atoms with Gasteiger partial charge in [0, 0.05) is 22.3 Å². The average Bonchev–Trinajstić information content (AvgIpc) is 3.24. The maximum atomic E-state index is 10.3. The molecule has 0 unspecified atom stereocenters. The summed E-state index contributed by atoms with van der Waals surface area (Å²) >= 11 is 0. The van der Waals surface area contributed by atoms with E-state index >= 15 is 0 Å². The molecule has 10 heteroatoms. The highest BCUT2D eigenvalue weighted by atomic mass is 16.5. The Morgan fingerprint density at radius 1 is 0.328 bits per heavy atom. The van der Waals surface area contributed by atoms with E-state index in [1.807, 2.05) is 111 Å². The van der Waals surface area contributed by atoms with E-state index in [1.165, 1.54) is 0 Å². The summed E-state index contributed by atoms with van der Waals surface area (Å²) in [6.07, 6.45) is 0. The number of benzene rings is 4. The summed E-state index contributed by atoms with van der Waals surface area (Å²) in [5.74, 6) is 1.92. The number of nitrogens with zero attached hydrogens (tertiary/aromatic N) is 4.